The summed E-state index contributed by atoms with van der Waals surface area (Å²) in [6, 6.07) is 0. The molecule has 2 nitrogen and oxygen atoms in total. The van der Waals surface area contributed by atoms with E-state index in [-0.39, 0.29) is 0 Å². The second-order valence-corrected chi connectivity index (χ2v) is 1.19. The molecule has 0 aliphatic heterocycles. The molecule has 0 N–H and O–H groups in total. The van der Waals surface area contributed by atoms with Crippen LogP contribution in [0.3, 0.4) is 0 Å². The summed E-state index contributed by atoms with van der Waals surface area (Å²) in [6.07, 6.45) is 0. The molecule has 2 heteroatoms. The Morgan fingerprint density at radius 3 is 2.00 bits per heavy atom. The maximum Gasteiger partial charge on any atom is 0.216 e. The van der Waals surface area contributed by atoms with E-state index in [1.807, 2.05) is 14.1 Å². The lowest BCUT2D eigenvalue weighted by atomic mass is 10.9. The highest BCUT2D eigenvalue weighted by Crippen LogP contribution is 1.77. The van der Waals surface area contributed by atoms with E-state index >= 15 is 0 Å². The Morgan fingerprint density at radius 1 is 1.50 bits per heavy atom. The van der Waals surface area contributed by atoms with E-state index in [0.29, 0.717) is 0 Å². The smallest absolute Gasteiger partial charge is 0.216 e. The molecule has 0 saturated carbocycles. The second kappa shape index (κ2) is 3.12. The predicted molar refractivity (Wildman–Crippen MR) is 23.9 cm³/mol. The summed E-state index contributed by atoms with van der Waals surface area (Å²) in [5.74, 6) is 0. The minimum atomic E-state index is 1.57. The van der Waals surface area contributed by atoms with Gasteiger partial charge in [0.25, 0.3) is 0 Å². The van der Waals surface area contributed by atoms with Crippen molar-refractivity contribution >= 4 is 0 Å². The Labute approximate surface area is 38.7 Å². The molecule has 6 heavy (non-hydrogen) atoms. The Bertz CT molecular complexity index is 28.7. The highest BCUT2D eigenvalue weighted by atomic mass is 16.5. The van der Waals surface area contributed by atoms with Gasteiger partial charge in [-0.25, -0.2) is 0 Å². The first-order valence-electron chi connectivity index (χ1n) is 1.73. The number of ether oxygens (including phenoxy) is 1. The summed E-state index contributed by atoms with van der Waals surface area (Å²) in [4.78, 5) is 1.71. The predicted octanol–water partition coefficient (Wildman–Crippen LogP) is 0.191. The summed E-state index contributed by atoms with van der Waals surface area (Å²) in [5.41, 5.74) is 0. The average Bonchev–Trinajstić information content (AvgIpc) is 1.35. The molecular weight excluding hydrogens is 78.0 g/mol. The third-order valence-corrected chi connectivity index (χ3v) is 0.274. The molecule has 0 aromatic carbocycles. The molecule has 0 unspecified atom stereocenters. The lowest BCUT2D eigenvalue weighted by Crippen LogP contribution is -2.07. The van der Waals surface area contributed by atoms with Crippen LogP contribution in [0.25, 0.3) is 0 Å². The normalized spacial score (nSPS) is 10.0. The van der Waals surface area contributed by atoms with E-state index in [2.05, 4.69) is 11.5 Å². The van der Waals surface area contributed by atoms with Gasteiger partial charge in [0.2, 0.25) is 6.73 Å². The first-order chi connectivity index (χ1) is 2.77. The van der Waals surface area contributed by atoms with Crippen LogP contribution in [0, 0.1) is 6.73 Å². The third kappa shape index (κ3) is 3.92. The van der Waals surface area contributed by atoms with Gasteiger partial charge in [0.15, 0.2) is 0 Å². The largest absolute Gasteiger partial charge is 0.355 e. The fourth-order valence-electron chi connectivity index (χ4n) is 0.183. The van der Waals surface area contributed by atoms with Crippen LogP contribution in [-0.2, 0) is 4.74 Å². The molecular formula is C4H9NO. The van der Waals surface area contributed by atoms with Crippen LogP contribution in [0.1, 0.15) is 0 Å². The van der Waals surface area contributed by atoms with Gasteiger partial charge in [0.1, 0.15) is 0 Å². The highest BCUT2D eigenvalue weighted by Gasteiger charge is 1.83. The summed E-state index contributed by atoms with van der Waals surface area (Å²) >= 11 is 0. The molecule has 0 heterocycles. The van der Waals surface area contributed by atoms with Crippen LogP contribution in [0.4, 0.5) is 0 Å². The lowest BCUT2D eigenvalue weighted by molar-refractivity contribution is 0.179. The van der Waals surface area contributed by atoms with Crippen LogP contribution < -0.4 is 0 Å². The van der Waals surface area contributed by atoms with Crippen molar-refractivity contribution in [2.24, 2.45) is 0 Å². The SMILES string of the molecule is CO[C]N(C)C. The van der Waals surface area contributed by atoms with Crippen molar-refractivity contribution in [1.29, 1.82) is 0 Å². The molecule has 0 amide bonds. The summed E-state index contributed by atoms with van der Waals surface area (Å²) in [7, 11) is 5.27. The van der Waals surface area contributed by atoms with Crippen LogP contribution in [0.2, 0.25) is 0 Å². The fourth-order valence-corrected chi connectivity index (χ4v) is 0.183. The highest BCUT2D eigenvalue weighted by molar-refractivity contribution is 4.38. The van der Waals surface area contributed by atoms with Gasteiger partial charge >= 0.3 is 0 Å². The van der Waals surface area contributed by atoms with Crippen molar-refractivity contribution in [3.63, 3.8) is 0 Å². The Balaban J connectivity index is 2.63. The van der Waals surface area contributed by atoms with Crippen molar-refractivity contribution < 1.29 is 4.74 Å². The molecule has 0 aromatic rings. The minimum Gasteiger partial charge on any atom is -0.355 e. The van der Waals surface area contributed by atoms with Gasteiger partial charge in [0, 0.05) is 7.11 Å². The number of nitrogens with zero attached hydrogens (tertiary/aromatic N) is 1. The van der Waals surface area contributed by atoms with E-state index in [9.17, 15) is 0 Å². The average molecular weight is 87.1 g/mol. The topological polar surface area (TPSA) is 12.5 Å². The van der Waals surface area contributed by atoms with Gasteiger partial charge in [-0.1, -0.05) is 0 Å². The van der Waals surface area contributed by atoms with Gasteiger partial charge in [-0.15, -0.1) is 0 Å². The van der Waals surface area contributed by atoms with Gasteiger partial charge < -0.3 is 4.74 Å². The van der Waals surface area contributed by atoms with Gasteiger partial charge in [-0.2, -0.15) is 0 Å². The maximum atomic E-state index is 4.48. The summed E-state index contributed by atoms with van der Waals surface area (Å²) in [5, 5.41) is 0. The van der Waals surface area contributed by atoms with Crippen molar-refractivity contribution in [2.75, 3.05) is 21.2 Å². The van der Waals surface area contributed by atoms with E-state index in [1.54, 1.807) is 12.0 Å². The molecule has 0 rings (SSSR count). The molecule has 0 aliphatic rings. The zero-order chi connectivity index (χ0) is 4.99. The second-order valence-electron chi connectivity index (χ2n) is 1.19. The number of methoxy groups -OCH3 is 1. The van der Waals surface area contributed by atoms with Gasteiger partial charge in [-0.05, 0) is 14.1 Å². The molecule has 0 spiro atoms. The van der Waals surface area contributed by atoms with Crippen LogP contribution in [0.5, 0.6) is 0 Å². The minimum absolute atomic E-state index is 1.57. The molecule has 0 atom stereocenters. The zero-order valence-electron chi connectivity index (χ0n) is 4.36. The Morgan fingerprint density at radius 2 is 2.00 bits per heavy atom. The van der Waals surface area contributed by atoms with Gasteiger partial charge in [-0.3, -0.25) is 4.90 Å². The van der Waals surface area contributed by atoms with Crippen molar-refractivity contribution in [3.05, 3.63) is 6.73 Å². The molecule has 0 aliphatic carbocycles. The molecule has 0 bridgehead atoms. The number of hydrogen-bond donors (Lipinski definition) is 0. The first kappa shape index (κ1) is 5.92. The molecule has 0 aromatic heterocycles. The third-order valence-electron chi connectivity index (χ3n) is 0.274. The van der Waals surface area contributed by atoms with Crippen molar-refractivity contribution in [3.8, 4) is 0 Å². The molecule has 2 radical (unpaired) electrons. The summed E-state index contributed by atoms with van der Waals surface area (Å²) < 4.78 is 4.48. The Hall–Kier alpha value is -0.0800. The monoisotopic (exact) mass is 87.1 g/mol. The van der Waals surface area contributed by atoms with Crippen molar-refractivity contribution in [1.82, 2.24) is 4.90 Å². The standard InChI is InChI=1S/C4H9NO/c1-5(2)4-6-3/h1-3H3. The molecule has 36 valence electrons. The zero-order valence-corrected chi connectivity index (χ0v) is 4.36. The summed E-state index contributed by atoms with van der Waals surface area (Å²) in [6.45, 7) is 2.54. The van der Waals surface area contributed by atoms with Crippen LogP contribution in [0.15, 0.2) is 0 Å². The first-order valence-corrected chi connectivity index (χ1v) is 1.73. The Kier molecular flexibility index (Phi) is 3.08. The molecule has 0 fully saturated rings. The number of rotatable bonds is 2. The van der Waals surface area contributed by atoms with E-state index in [1.165, 1.54) is 0 Å². The van der Waals surface area contributed by atoms with E-state index in [4.69, 9.17) is 0 Å². The number of hydrogen-bond acceptors (Lipinski definition) is 2. The van der Waals surface area contributed by atoms with Crippen LogP contribution in [-0.4, -0.2) is 26.1 Å². The molecule has 0 saturated heterocycles. The maximum absolute atomic E-state index is 4.48. The van der Waals surface area contributed by atoms with Crippen LogP contribution >= 0.6 is 0 Å². The van der Waals surface area contributed by atoms with E-state index in [0.717, 1.165) is 0 Å². The fraction of sp³-hybridized carbons (Fsp3) is 0.750. The van der Waals surface area contributed by atoms with E-state index < -0.39 is 0 Å². The lowest BCUT2D eigenvalue weighted by Gasteiger charge is -2.01. The van der Waals surface area contributed by atoms with Gasteiger partial charge in [0.05, 0.1) is 0 Å². The quantitative estimate of drug-likeness (QED) is 0.446. The van der Waals surface area contributed by atoms with Crippen molar-refractivity contribution in [2.45, 2.75) is 0 Å².